The van der Waals surface area contributed by atoms with Gasteiger partial charge in [0, 0.05) is 38.6 Å². The highest BCUT2D eigenvalue weighted by atomic mass is 16.5. The van der Waals surface area contributed by atoms with Crippen molar-refractivity contribution in [2.45, 2.75) is 31.4 Å². The van der Waals surface area contributed by atoms with Crippen molar-refractivity contribution in [1.82, 2.24) is 20.0 Å². The molecule has 0 bridgehead atoms. The molecule has 2 fully saturated rings. The molecule has 2 aliphatic rings. The lowest BCUT2D eigenvalue weighted by Gasteiger charge is -2.37. The summed E-state index contributed by atoms with van der Waals surface area (Å²) >= 11 is 0. The number of aromatic nitrogens is 2. The highest BCUT2D eigenvalue weighted by molar-refractivity contribution is 4.88. The lowest BCUT2D eigenvalue weighted by Crippen LogP contribution is -2.52. The summed E-state index contributed by atoms with van der Waals surface area (Å²) in [6.45, 7) is 6.48. The predicted octanol–water partition coefficient (Wildman–Crippen LogP) is 0.336. The van der Waals surface area contributed by atoms with Crippen LogP contribution in [0.15, 0.2) is 18.5 Å². The molecule has 6 heteroatoms. The number of likely N-dealkylation sites (tertiary alicyclic amines) is 1. The Labute approximate surface area is 132 Å². The summed E-state index contributed by atoms with van der Waals surface area (Å²) in [5, 5.41) is 18.2. The number of rotatable bonds is 5. The van der Waals surface area contributed by atoms with Gasteiger partial charge in [-0.25, -0.2) is 0 Å². The van der Waals surface area contributed by atoms with Crippen molar-refractivity contribution in [3.8, 4) is 0 Å². The first-order chi connectivity index (χ1) is 10.7. The summed E-state index contributed by atoms with van der Waals surface area (Å²) in [6, 6.07) is 1.98. The number of aryl methyl sites for hydroxylation is 1. The van der Waals surface area contributed by atoms with Crippen LogP contribution in [-0.2, 0) is 11.3 Å². The summed E-state index contributed by atoms with van der Waals surface area (Å²) < 4.78 is 7.52. The molecule has 1 atom stereocenters. The minimum atomic E-state index is -0.738. The van der Waals surface area contributed by atoms with Gasteiger partial charge < -0.3 is 20.1 Å². The largest absolute Gasteiger partial charge is 0.385 e. The first-order valence-corrected chi connectivity index (χ1v) is 8.44. The lowest BCUT2D eigenvalue weighted by atomic mass is 9.92. The first-order valence-electron chi connectivity index (χ1n) is 8.44. The molecule has 3 heterocycles. The van der Waals surface area contributed by atoms with E-state index in [4.69, 9.17) is 4.74 Å². The van der Waals surface area contributed by atoms with Crippen LogP contribution in [0.4, 0.5) is 0 Å². The second-order valence-corrected chi connectivity index (χ2v) is 6.73. The Morgan fingerprint density at radius 2 is 2.23 bits per heavy atom. The van der Waals surface area contributed by atoms with Crippen molar-refractivity contribution in [2.24, 2.45) is 5.92 Å². The average molecular weight is 308 g/mol. The fraction of sp³-hybridized carbons (Fsp3) is 0.812. The maximum Gasteiger partial charge on any atom is 0.113 e. The second kappa shape index (κ2) is 7.55. The fourth-order valence-electron chi connectivity index (χ4n) is 3.48. The van der Waals surface area contributed by atoms with Crippen molar-refractivity contribution < 1.29 is 9.84 Å². The lowest BCUT2D eigenvalue weighted by molar-refractivity contribution is -0.0535. The smallest absolute Gasteiger partial charge is 0.113 e. The van der Waals surface area contributed by atoms with E-state index in [0.717, 1.165) is 32.1 Å². The van der Waals surface area contributed by atoms with E-state index in [2.05, 4.69) is 15.3 Å². The van der Waals surface area contributed by atoms with Gasteiger partial charge in [-0.15, -0.1) is 0 Å². The van der Waals surface area contributed by atoms with Gasteiger partial charge in [0.2, 0.25) is 0 Å². The van der Waals surface area contributed by atoms with Crippen LogP contribution in [0.2, 0.25) is 0 Å². The molecule has 3 rings (SSSR count). The highest BCUT2D eigenvalue weighted by Gasteiger charge is 2.32. The second-order valence-electron chi connectivity index (χ2n) is 6.73. The summed E-state index contributed by atoms with van der Waals surface area (Å²) in [7, 11) is 0. The predicted molar refractivity (Wildman–Crippen MR) is 84.6 cm³/mol. The van der Waals surface area contributed by atoms with Crippen molar-refractivity contribution in [3.63, 3.8) is 0 Å². The van der Waals surface area contributed by atoms with Crippen LogP contribution in [0.5, 0.6) is 0 Å². The minimum absolute atomic E-state index is 0.444. The molecule has 1 aromatic heterocycles. The molecule has 6 nitrogen and oxygen atoms in total. The van der Waals surface area contributed by atoms with E-state index in [1.807, 2.05) is 23.1 Å². The van der Waals surface area contributed by atoms with E-state index in [1.54, 1.807) is 0 Å². The third kappa shape index (κ3) is 4.52. The van der Waals surface area contributed by atoms with Crippen molar-refractivity contribution >= 4 is 0 Å². The van der Waals surface area contributed by atoms with Gasteiger partial charge >= 0.3 is 0 Å². The molecule has 0 spiro atoms. The Morgan fingerprint density at radius 1 is 1.36 bits per heavy atom. The quantitative estimate of drug-likeness (QED) is 0.821. The minimum Gasteiger partial charge on any atom is -0.385 e. The molecule has 2 saturated heterocycles. The standard InChI is InChI=1S/C16H28N4O2/c21-16(12-17-6-11-22-14-16)13-19-8-2-15(3-9-19)4-10-20-7-1-5-18-20/h1,5,7,15,17,21H,2-4,6,8-14H2/t16-/m1/s1. The van der Waals surface area contributed by atoms with E-state index < -0.39 is 5.60 Å². The maximum absolute atomic E-state index is 10.7. The molecule has 0 aromatic carbocycles. The molecule has 1 aromatic rings. The number of nitrogens with zero attached hydrogens (tertiary/aromatic N) is 3. The van der Waals surface area contributed by atoms with Crippen LogP contribution < -0.4 is 5.32 Å². The molecular weight excluding hydrogens is 280 g/mol. The zero-order chi connectivity index (χ0) is 15.3. The van der Waals surface area contributed by atoms with E-state index in [0.29, 0.717) is 26.3 Å². The average Bonchev–Trinajstić information content (AvgIpc) is 2.95. The Hall–Kier alpha value is -0.950. The Kier molecular flexibility index (Phi) is 5.46. The maximum atomic E-state index is 10.7. The van der Waals surface area contributed by atoms with Crippen LogP contribution in [0, 0.1) is 5.92 Å². The summed E-state index contributed by atoms with van der Waals surface area (Å²) in [5.74, 6) is 0.776. The molecule has 0 radical (unpaired) electrons. The number of ether oxygens (including phenoxy) is 1. The highest BCUT2D eigenvalue weighted by Crippen LogP contribution is 2.22. The molecule has 0 unspecified atom stereocenters. The number of β-amino-alcohol motifs (C(OH)–C–C–N with tert-alkyl or cyclic N) is 1. The summed E-state index contributed by atoms with van der Waals surface area (Å²) in [4.78, 5) is 2.39. The zero-order valence-corrected chi connectivity index (χ0v) is 13.3. The molecule has 2 N–H and O–H groups in total. The summed E-state index contributed by atoms with van der Waals surface area (Å²) in [6.07, 6.45) is 7.50. The Bertz CT molecular complexity index is 421. The van der Waals surface area contributed by atoms with Gasteiger partial charge in [0.15, 0.2) is 0 Å². The van der Waals surface area contributed by atoms with Crippen molar-refractivity contribution in [2.75, 3.05) is 45.9 Å². The van der Waals surface area contributed by atoms with Crippen LogP contribution in [-0.4, -0.2) is 71.3 Å². The molecule has 22 heavy (non-hydrogen) atoms. The topological polar surface area (TPSA) is 62.5 Å². The van der Waals surface area contributed by atoms with Gasteiger partial charge in [-0.1, -0.05) is 0 Å². The van der Waals surface area contributed by atoms with Gasteiger partial charge in [-0.2, -0.15) is 5.10 Å². The normalized spacial score (nSPS) is 28.6. The Morgan fingerprint density at radius 3 is 3.00 bits per heavy atom. The van der Waals surface area contributed by atoms with Gasteiger partial charge in [0.05, 0.1) is 13.2 Å². The first kappa shape index (κ1) is 15.9. The molecule has 0 aliphatic carbocycles. The SMILES string of the molecule is O[C@@]1(CN2CCC(CCn3cccn3)CC2)CNCCOC1. The zero-order valence-electron chi connectivity index (χ0n) is 13.3. The molecule has 0 saturated carbocycles. The van der Waals surface area contributed by atoms with Crippen molar-refractivity contribution in [3.05, 3.63) is 18.5 Å². The summed E-state index contributed by atoms with van der Waals surface area (Å²) in [5.41, 5.74) is -0.738. The van der Waals surface area contributed by atoms with Crippen LogP contribution in [0.1, 0.15) is 19.3 Å². The number of nitrogens with one attached hydrogen (secondary N) is 1. The monoisotopic (exact) mass is 308 g/mol. The molecule has 124 valence electrons. The fourth-order valence-corrected chi connectivity index (χ4v) is 3.48. The van der Waals surface area contributed by atoms with E-state index in [1.165, 1.54) is 19.3 Å². The van der Waals surface area contributed by atoms with Gasteiger partial charge in [0.25, 0.3) is 0 Å². The van der Waals surface area contributed by atoms with E-state index in [-0.39, 0.29) is 0 Å². The third-order valence-corrected chi connectivity index (χ3v) is 4.80. The molecular formula is C16H28N4O2. The van der Waals surface area contributed by atoms with Gasteiger partial charge in [0.1, 0.15) is 5.60 Å². The van der Waals surface area contributed by atoms with E-state index >= 15 is 0 Å². The number of hydrogen-bond acceptors (Lipinski definition) is 5. The Balaban J connectivity index is 1.39. The number of aliphatic hydroxyl groups is 1. The van der Waals surface area contributed by atoms with E-state index in [9.17, 15) is 5.11 Å². The van der Waals surface area contributed by atoms with Crippen LogP contribution in [0.3, 0.4) is 0 Å². The molecule has 0 amide bonds. The third-order valence-electron chi connectivity index (χ3n) is 4.80. The number of hydrogen-bond donors (Lipinski definition) is 2. The van der Waals surface area contributed by atoms with Crippen LogP contribution in [0.25, 0.3) is 0 Å². The van der Waals surface area contributed by atoms with Crippen molar-refractivity contribution in [1.29, 1.82) is 0 Å². The van der Waals surface area contributed by atoms with Gasteiger partial charge in [-0.3, -0.25) is 4.68 Å². The number of piperidine rings is 1. The van der Waals surface area contributed by atoms with Crippen LogP contribution >= 0.6 is 0 Å². The van der Waals surface area contributed by atoms with Gasteiger partial charge in [-0.05, 0) is 44.3 Å². The molecule has 2 aliphatic heterocycles.